The minimum absolute atomic E-state index is 0. The number of benzene rings is 1. The van der Waals surface area contributed by atoms with Gasteiger partial charge in [0.25, 0.3) is 0 Å². The van der Waals surface area contributed by atoms with Gasteiger partial charge in [-0.3, -0.25) is 4.57 Å². The third kappa shape index (κ3) is 1.45. The summed E-state index contributed by atoms with van der Waals surface area (Å²) < 4.78 is 1.83. The van der Waals surface area contributed by atoms with Crippen LogP contribution in [0.1, 0.15) is 5.56 Å². The highest BCUT2D eigenvalue weighted by atomic mass is 35.5. The second-order valence-electron chi connectivity index (χ2n) is 4.04. The van der Waals surface area contributed by atoms with E-state index in [9.17, 15) is 4.79 Å². The average Bonchev–Trinajstić information content (AvgIpc) is 2.58. The highest BCUT2D eigenvalue weighted by Gasteiger charge is 2.21. The van der Waals surface area contributed by atoms with Crippen LogP contribution < -0.4 is 11.0 Å². The smallest absolute Gasteiger partial charge is 0.315 e. The fraction of sp³-hybridized carbons (Fsp3) is 0.364. The molecular weight excluding hydrogens is 226 g/mol. The summed E-state index contributed by atoms with van der Waals surface area (Å²) >= 11 is 0. The molecule has 5 heteroatoms. The van der Waals surface area contributed by atoms with Crippen LogP contribution in [0.5, 0.6) is 0 Å². The number of imidazole rings is 1. The third-order valence-electron chi connectivity index (χ3n) is 3.15. The number of hydrogen-bond acceptors (Lipinski definition) is 2. The van der Waals surface area contributed by atoms with Crippen LogP contribution in [0.15, 0.2) is 23.0 Å². The first kappa shape index (κ1) is 11.2. The summed E-state index contributed by atoms with van der Waals surface area (Å²) in [5.74, 6) is 0. The van der Waals surface area contributed by atoms with Crippen LogP contribution in [0.4, 0.5) is 0 Å². The number of para-hydroxylation sites is 1. The first-order chi connectivity index (χ1) is 7.29. The number of H-pyrrole nitrogens is 1. The van der Waals surface area contributed by atoms with Crippen molar-refractivity contribution in [2.75, 3.05) is 7.05 Å². The Morgan fingerprint density at radius 3 is 3.06 bits per heavy atom. The maximum Gasteiger partial charge on any atom is 0.326 e. The molecule has 0 aliphatic carbocycles. The molecule has 0 saturated heterocycles. The second kappa shape index (κ2) is 3.96. The molecule has 0 fully saturated rings. The number of aromatic amines is 1. The first-order valence-corrected chi connectivity index (χ1v) is 5.17. The van der Waals surface area contributed by atoms with E-state index in [0.29, 0.717) is 6.04 Å². The van der Waals surface area contributed by atoms with Crippen LogP contribution in [0.3, 0.4) is 0 Å². The summed E-state index contributed by atoms with van der Waals surface area (Å²) in [6.45, 7) is 0.756. The Hall–Kier alpha value is -1.26. The zero-order chi connectivity index (χ0) is 10.4. The molecule has 2 N–H and O–H groups in total. The first-order valence-electron chi connectivity index (χ1n) is 5.17. The zero-order valence-corrected chi connectivity index (χ0v) is 9.80. The monoisotopic (exact) mass is 239 g/mol. The van der Waals surface area contributed by atoms with E-state index in [0.717, 1.165) is 24.0 Å². The van der Waals surface area contributed by atoms with E-state index in [1.54, 1.807) is 0 Å². The summed E-state index contributed by atoms with van der Waals surface area (Å²) in [6.07, 6.45) is 0.991. The molecule has 86 valence electrons. The van der Waals surface area contributed by atoms with Crippen LogP contribution >= 0.6 is 12.4 Å². The molecule has 0 radical (unpaired) electrons. The topological polar surface area (TPSA) is 49.8 Å². The third-order valence-corrected chi connectivity index (χ3v) is 3.15. The Morgan fingerprint density at radius 1 is 1.50 bits per heavy atom. The van der Waals surface area contributed by atoms with Gasteiger partial charge in [-0.05, 0) is 25.1 Å². The van der Waals surface area contributed by atoms with Crippen LogP contribution in [0.25, 0.3) is 11.0 Å². The van der Waals surface area contributed by atoms with Gasteiger partial charge in [-0.1, -0.05) is 12.1 Å². The van der Waals surface area contributed by atoms with E-state index >= 15 is 0 Å². The van der Waals surface area contributed by atoms with Gasteiger partial charge in [0.15, 0.2) is 0 Å². The molecule has 3 rings (SSSR count). The van der Waals surface area contributed by atoms with Gasteiger partial charge in [0.05, 0.1) is 11.0 Å². The van der Waals surface area contributed by atoms with Crippen molar-refractivity contribution >= 4 is 23.4 Å². The number of nitrogens with one attached hydrogen (secondary N) is 2. The maximum absolute atomic E-state index is 11.7. The fourth-order valence-electron chi connectivity index (χ4n) is 2.38. The van der Waals surface area contributed by atoms with E-state index in [1.165, 1.54) is 5.56 Å². The molecule has 16 heavy (non-hydrogen) atoms. The Kier molecular flexibility index (Phi) is 2.78. The standard InChI is InChI=1S/C11H13N3O.ClH/c1-12-8-5-7-3-2-4-9-10(7)14(6-8)11(15)13-9;/h2-4,8,12H,5-6H2,1H3,(H,13,15);1H. The van der Waals surface area contributed by atoms with E-state index in [4.69, 9.17) is 0 Å². The van der Waals surface area contributed by atoms with E-state index in [-0.39, 0.29) is 18.1 Å². The molecule has 2 heterocycles. The largest absolute Gasteiger partial charge is 0.326 e. The molecule has 1 aromatic carbocycles. The van der Waals surface area contributed by atoms with Crippen molar-refractivity contribution in [1.29, 1.82) is 0 Å². The van der Waals surface area contributed by atoms with Crippen molar-refractivity contribution < 1.29 is 0 Å². The van der Waals surface area contributed by atoms with Crippen LogP contribution in [-0.4, -0.2) is 22.6 Å². The quantitative estimate of drug-likeness (QED) is 0.777. The number of nitrogens with zero attached hydrogens (tertiary/aromatic N) is 1. The van der Waals surface area contributed by atoms with Crippen molar-refractivity contribution in [3.8, 4) is 0 Å². The lowest BCUT2D eigenvalue weighted by Gasteiger charge is -2.22. The molecule has 1 aliphatic rings. The van der Waals surface area contributed by atoms with Crippen molar-refractivity contribution in [2.45, 2.75) is 19.0 Å². The summed E-state index contributed by atoms with van der Waals surface area (Å²) in [4.78, 5) is 14.6. The Balaban J connectivity index is 0.000000963. The molecule has 1 aliphatic heterocycles. The van der Waals surface area contributed by atoms with Crippen molar-refractivity contribution in [1.82, 2.24) is 14.9 Å². The van der Waals surface area contributed by atoms with Crippen LogP contribution in [0, 0.1) is 0 Å². The Bertz CT molecular complexity index is 572. The predicted molar refractivity (Wildman–Crippen MR) is 66.4 cm³/mol. The minimum atomic E-state index is -0.00241. The molecule has 1 aromatic heterocycles. The van der Waals surface area contributed by atoms with Gasteiger partial charge in [-0.15, -0.1) is 12.4 Å². The lowest BCUT2D eigenvalue weighted by molar-refractivity contribution is 0.463. The molecule has 1 unspecified atom stereocenters. The molecule has 0 saturated carbocycles. The lowest BCUT2D eigenvalue weighted by atomic mass is 10.0. The van der Waals surface area contributed by atoms with E-state index in [1.807, 2.05) is 23.7 Å². The summed E-state index contributed by atoms with van der Waals surface area (Å²) in [6, 6.07) is 6.40. The Morgan fingerprint density at radius 2 is 2.31 bits per heavy atom. The average molecular weight is 240 g/mol. The number of halogens is 1. The molecular formula is C11H14ClN3O. The van der Waals surface area contributed by atoms with Gasteiger partial charge in [-0.2, -0.15) is 0 Å². The predicted octanol–water partition coefficient (Wildman–Crippen LogP) is 0.895. The number of rotatable bonds is 1. The summed E-state index contributed by atoms with van der Waals surface area (Å²) in [7, 11) is 1.94. The molecule has 4 nitrogen and oxygen atoms in total. The van der Waals surface area contributed by atoms with Gasteiger partial charge in [0, 0.05) is 12.6 Å². The van der Waals surface area contributed by atoms with Crippen molar-refractivity contribution in [3.05, 3.63) is 34.2 Å². The molecule has 0 bridgehead atoms. The summed E-state index contributed by atoms with van der Waals surface area (Å²) in [5.41, 5.74) is 3.27. The molecule has 2 aromatic rings. The van der Waals surface area contributed by atoms with Crippen LogP contribution in [0.2, 0.25) is 0 Å². The minimum Gasteiger partial charge on any atom is -0.315 e. The number of hydrogen-bond donors (Lipinski definition) is 2. The van der Waals surface area contributed by atoms with Gasteiger partial charge in [0.1, 0.15) is 0 Å². The van der Waals surface area contributed by atoms with E-state index in [2.05, 4.69) is 16.4 Å². The van der Waals surface area contributed by atoms with Gasteiger partial charge in [-0.25, -0.2) is 4.79 Å². The van der Waals surface area contributed by atoms with E-state index < -0.39 is 0 Å². The molecule has 1 atom stereocenters. The van der Waals surface area contributed by atoms with Gasteiger partial charge < -0.3 is 10.3 Å². The lowest BCUT2D eigenvalue weighted by Crippen LogP contribution is -2.38. The second-order valence-corrected chi connectivity index (χ2v) is 4.04. The summed E-state index contributed by atoms with van der Waals surface area (Å²) in [5, 5.41) is 3.23. The highest BCUT2D eigenvalue weighted by Crippen LogP contribution is 2.22. The molecule has 0 spiro atoms. The molecule has 0 amide bonds. The zero-order valence-electron chi connectivity index (χ0n) is 8.99. The van der Waals surface area contributed by atoms with Crippen LogP contribution in [-0.2, 0) is 13.0 Å². The van der Waals surface area contributed by atoms with Crippen molar-refractivity contribution in [3.63, 3.8) is 0 Å². The van der Waals surface area contributed by atoms with Gasteiger partial charge in [0.2, 0.25) is 0 Å². The normalized spacial score (nSPS) is 18.4. The van der Waals surface area contributed by atoms with Crippen molar-refractivity contribution in [2.24, 2.45) is 0 Å². The maximum atomic E-state index is 11.7. The number of likely N-dealkylation sites (N-methyl/N-ethyl adjacent to an activating group) is 1. The number of aromatic nitrogens is 2. The highest BCUT2D eigenvalue weighted by molar-refractivity contribution is 5.85. The fourth-order valence-corrected chi connectivity index (χ4v) is 2.38. The Labute approximate surface area is 99.1 Å². The van der Waals surface area contributed by atoms with Gasteiger partial charge >= 0.3 is 5.69 Å². The SMILES string of the molecule is CNC1Cc2cccc3[nH]c(=O)n(c23)C1.Cl.